The van der Waals surface area contributed by atoms with Crippen molar-refractivity contribution in [2.75, 3.05) is 17.2 Å². The lowest BCUT2D eigenvalue weighted by Crippen LogP contribution is -2.27. The van der Waals surface area contributed by atoms with E-state index in [1.54, 1.807) is 35.6 Å². The van der Waals surface area contributed by atoms with Crippen LogP contribution in [0.3, 0.4) is 0 Å². The van der Waals surface area contributed by atoms with Crippen LogP contribution >= 0.6 is 11.3 Å². The average molecular weight is 444 g/mol. The topological polar surface area (TPSA) is 80.3 Å². The maximum absolute atomic E-state index is 12.7. The summed E-state index contributed by atoms with van der Waals surface area (Å²) in [6.07, 6.45) is 1.19. The number of hydrogen-bond donors (Lipinski definition) is 2. The molecule has 6 nitrogen and oxygen atoms in total. The van der Waals surface area contributed by atoms with Crippen molar-refractivity contribution in [1.29, 1.82) is 0 Å². The Morgan fingerprint density at radius 3 is 2.56 bits per heavy atom. The zero-order chi connectivity index (χ0) is 21.9. The fourth-order valence-corrected chi connectivity index (χ4v) is 4.61. The van der Waals surface area contributed by atoms with Gasteiger partial charge >= 0.3 is 0 Å². The molecule has 7 heteroatoms. The molecule has 0 radical (unpaired) electrons. The molecular weight excluding hydrogens is 422 g/mol. The number of nitrogens with one attached hydrogen (secondary N) is 2. The summed E-state index contributed by atoms with van der Waals surface area (Å²) in [6.45, 7) is 0.609. The highest BCUT2D eigenvalue weighted by molar-refractivity contribution is 7.21. The summed E-state index contributed by atoms with van der Waals surface area (Å²) >= 11 is 1.64. The number of hydrogen-bond acceptors (Lipinski definition) is 5. The number of carbonyl (C=O) groups is 2. The van der Waals surface area contributed by atoms with E-state index in [9.17, 15) is 9.59 Å². The molecular formula is C25H21N3O3S. The summed E-state index contributed by atoms with van der Waals surface area (Å²) in [6, 6.07) is 22.6. The zero-order valence-electron chi connectivity index (χ0n) is 17.2. The number of aromatic nitrogens is 1. The summed E-state index contributed by atoms with van der Waals surface area (Å²) in [5, 5.41) is 6.68. The van der Waals surface area contributed by atoms with Gasteiger partial charge in [0.25, 0.3) is 11.8 Å². The molecule has 2 amide bonds. The highest BCUT2D eigenvalue weighted by Gasteiger charge is 2.23. The van der Waals surface area contributed by atoms with E-state index in [1.165, 1.54) is 0 Å². The van der Waals surface area contributed by atoms with Gasteiger partial charge in [0.15, 0.2) is 0 Å². The Morgan fingerprint density at radius 2 is 1.78 bits per heavy atom. The van der Waals surface area contributed by atoms with Gasteiger partial charge in [-0.3, -0.25) is 9.59 Å². The number of ether oxygens (including phenoxy) is 1. The van der Waals surface area contributed by atoms with Crippen molar-refractivity contribution in [2.45, 2.75) is 18.9 Å². The third kappa shape index (κ3) is 4.39. The van der Waals surface area contributed by atoms with Gasteiger partial charge in [0, 0.05) is 29.1 Å². The standard InChI is InChI=1S/C25H21N3O3S/c29-23(17-5-3-6-19(15-17)27-24(30)21-8-4-14-31-21)26-18-12-10-16(11-13-18)25-28-20-7-1-2-9-22(20)32-25/h1-3,5-7,9-13,15,21H,4,8,14H2,(H,26,29)(H,27,30). The van der Waals surface area contributed by atoms with Gasteiger partial charge in [0.05, 0.1) is 10.2 Å². The SMILES string of the molecule is O=C(Nc1ccc(-c2nc3ccccc3s2)cc1)c1cccc(NC(=O)C2CCCO2)c1. The second-order valence-corrected chi connectivity index (χ2v) is 8.62. The molecule has 1 unspecified atom stereocenters. The third-order valence-electron chi connectivity index (χ3n) is 5.30. The lowest BCUT2D eigenvalue weighted by atomic mass is 10.1. The molecule has 32 heavy (non-hydrogen) atoms. The molecule has 1 aromatic heterocycles. The van der Waals surface area contributed by atoms with Crippen LogP contribution in [0.15, 0.2) is 72.8 Å². The Bertz CT molecular complexity index is 1240. The fourth-order valence-electron chi connectivity index (χ4n) is 3.64. The molecule has 4 aromatic rings. The first-order chi connectivity index (χ1) is 15.7. The van der Waals surface area contributed by atoms with Gasteiger partial charge in [-0.15, -0.1) is 11.3 Å². The number of nitrogens with zero attached hydrogens (tertiary/aromatic N) is 1. The number of amides is 2. The Balaban J connectivity index is 1.26. The highest BCUT2D eigenvalue weighted by Crippen LogP contribution is 2.30. The minimum absolute atomic E-state index is 0.175. The van der Waals surface area contributed by atoms with Crippen molar-refractivity contribution in [2.24, 2.45) is 0 Å². The van der Waals surface area contributed by atoms with Gasteiger partial charge in [0.2, 0.25) is 0 Å². The summed E-state index contributed by atoms with van der Waals surface area (Å²) in [5.41, 5.74) is 3.71. The van der Waals surface area contributed by atoms with Crippen LogP contribution in [-0.4, -0.2) is 29.5 Å². The number of benzene rings is 3. The van der Waals surface area contributed by atoms with Crippen LogP contribution in [-0.2, 0) is 9.53 Å². The van der Waals surface area contributed by atoms with Gasteiger partial charge in [0.1, 0.15) is 11.1 Å². The lowest BCUT2D eigenvalue weighted by molar-refractivity contribution is -0.124. The fraction of sp³-hybridized carbons (Fsp3) is 0.160. The van der Waals surface area contributed by atoms with Crippen LogP contribution < -0.4 is 10.6 Å². The van der Waals surface area contributed by atoms with Gasteiger partial charge in [-0.2, -0.15) is 0 Å². The number of carbonyl (C=O) groups excluding carboxylic acids is 2. The van der Waals surface area contributed by atoms with E-state index >= 15 is 0 Å². The number of para-hydroxylation sites is 1. The lowest BCUT2D eigenvalue weighted by Gasteiger charge is -2.11. The Hall–Kier alpha value is -3.55. The summed E-state index contributed by atoms with van der Waals surface area (Å²) in [5.74, 6) is -0.420. The minimum Gasteiger partial charge on any atom is -0.368 e. The molecule has 3 aromatic carbocycles. The number of anilines is 2. The van der Waals surface area contributed by atoms with Crippen molar-refractivity contribution >= 4 is 44.7 Å². The zero-order valence-corrected chi connectivity index (χ0v) is 18.0. The van der Waals surface area contributed by atoms with E-state index in [4.69, 9.17) is 4.74 Å². The van der Waals surface area contributed by atoms with Gasteiger partial charge in [-0.25, -0.2) is 4.98 Å². The summed E-state index contributed by atoms with van der Waals surface area (Å²) < 4.78 is 6.55. The van der Waals surface area contributed by atoms with Crippen LogP contribution in [0.4, 0.5) is 11.4 Å². The van der Waals surface area contributed by atoms with Crippen LogP contribution in [0.2, 0.25) is 0 Å². The molecule has 2 N–H and O–H groups in total. The molecule has 0 saturated carbocycles. The molecule has 2 heterocycles. The summed E-state index contributed by atoms with van der Waals surface area (Å²) in [7, 11) is 0. The molecule has 1 saturated heterocycles. The largest absolute Gasteiger partial charge is 0.368 e. The molecule has 0 aliphatic carbocycles. The molecule has 1 aliphatic heterocycles. The predicted molar refractivity (Wildman–Crippen MR) is 127 cm³/mol. The maximum atomic E-state index is 12.7. The van der Waals surface area contributed by atoms with E-state index < -0.39 is 6.10 Å². The molecule has 1 aliphatic rings. The number of rotatable bonds is 5. The number of thiazole rings is 1. The van der Waals surface area contributed by atoms with Crippen molar-refractivity contribution in [1.82, 2.24) is 4.98 Å². The van der Waals surface area contributed by atoms with Gasteiger partial charge < -0.3 is 15.4 Å². The van der Waals surface area contributed by atoms with Gasteiger partial charge in [-0.1, -0.05) is 18.2 Å². The Labute approximate surface area is 189 Å². The summed E-state index contributed by atoms with van der Waals surface area (Å²) in [4.78, 5) is 29.6. The Morgan fingerprint density at radius 1 is 0.938 bits per heavy atom. The van der Waals surface area contributed by atoms with Crippen molar-refractivity contribution < 1.29 is 14.3 Å². The van der Waals surface area contributed by atoms with E-state index in [1.807, 2.05) is 42.5 Å². The van der Waals surface area contributed by atoms with E-state index in [2.05, 4.69) is 21.7 Å². The highest BCUT2D eigenvalue weighted by atomic mass is 32.1. The Kier molecular flexibility index (Phi) is 5.66. The first kappa shape index (κ1) is 20.4. The van der Waals surface area contributed by atoms with Crippen LogP contribution in [0, 0.1) is 0 Å². The second-order valence-electron chi connectivity index (χ2n) is 7.59. The maximum Gasteiger partial charge on any atom is 0.255 e. The molecule has 0 spiro atoms. The van der Waals surface area contributed by atoms with Crippen LogP contribution in [0.5, 0.6) is 0 Å². The molecule has 160 valence electrons. The van der Waals surface area contributed by atoms with Crippen molar-refractivity contribution in [3.8, 4) is 10.6 Å². The van der Waals surface area contributed by atoms with E-state index in [0.29, 0.717) is 23.5 Å². The predicted octanol–water partition coefficient (Wildman–Crippen LogP) is 5.33. The van der Waals surface area contributed by atoms with Crippen molar-refractivity contribution in [3.63, 3.8) is 0 Å². The molecule has 5 rings (SSSR count). The quantitative estimate of drug-likeness (QED) is 0.437. The van der Waals surface area contributed by atoms with Crippen LogP contribution in [0.25, 0.3) is 20.8 Å². The first-order valence-electron chi connectivity index (χ1n) is 10.5. The minimum atomic E-state index is -0.415. The third-order valence-corrected chi connectivity index (χ3v) is 6.38. The first-order valence-corrected chi connectivity index (χ1v) is 11.3. The normalized spacial score (nSPS) is 15.6. The molecule has 1 fully saturated rings. The molecule has 1 atom stereocenters. The van der Waals surface area contributed by atoms with E-state index in [-0.39, 0.29) is 11.8 Å². The van der Waals surface area contributed by atoms with Crippen molar-refractivity contribution in [3.05, 3.63) is 78.4 Å². The van der Waals surface area contributed by atoms with E-state index in [0.717, 1.165) is 33.6 Å². The molecule has 0 bridgehead atoms. The monoisotopic (exact) mass is 443 g/mol. The smallest absolute Gasteiger partial charge is 0.255 e. The van der Waals surface area contributed by atoms with Gasteiger partial charge in [-0.05, 0) is 67.4 Å². The number of fused-ring (bicyclic) bond motifs is 1. The second kappa shape index (κ2) is 8.90. The average Bonchev–Trinajstić information content (AvgIpc) is 3.50. The van der Waals surface area contributed by atoms with Crippen LogP contribution in [0.1, 0.15) is 23.2 Å².